The molecule has 0 radical (unpaired) electrons. The maximum atomic E-state index is 12.9. The van der Waals surface area contributed by atoms with E-state index in [1.807, 2.05) is 12.1 Å². The van der Waals surface area contributed by atoms with Gasteiger partial charge in [0.25, 0.3) is 0 Å². The van der Waals surface area contributed by atoms with Gasteiger partial charge in [-0.2, -0.15) is 0 Å². The van der Waals surface area contributed by atoms with Gasteiger partial charge < -0.3 is 10.6 Å². The van der Waals surface area contributed by atoms with Gasteiger partial charge in [0.2, 0.25) is 5.91 Å². The molecule has 1 aromatic heterocycles. The Morgan fingerprint density at radius 3 is 3.06 bits per heavy atom. The van der Waals surface area contributed by atoms with Crippen LogP contribution in [0.3, 0.4) is 0 Å². The monoisotopic (exact) mass is 335 g/mol. The number of carbonyl (C=O) groups is 1. The zero-order valence-electron chi connectivity index (χ0n) is 8.41. The molecule has 0 bridgehead atoms. The van der Waals surface area contributed by atoms with Crippen LogP contribution in [0.15, 0.2) is 18.2 Å². The number of aromatic nitrogens is 1. The van der Waals surface area contributed by atoms with Gasteiger partial charge in [-0.05, 0) is 34.7 Å². The molecule has 0 aromatic carbocycles. The minimum absolute atomic E-state index is 0.227. The van der Waals surface area contributed by atoms with E-state index in [0.717, 1.165) is 3.70 Å². The summed E-state index contributed by atoms with van der Waals surface area (Å²) in [4.78, 5) is 15.8. The van der Waals surface area contributed by atoms with Crippen LogP contribution in [0.4, 0.5) is 10.2 Å². The van der Waals surface area contributed by atoms with Gasteiger partial charge >= 0.3 is 0 Å². The number of hydrogen-bond donors (Lipinski definition) is 2. The first-order valence-corrected chi connectivity index (χ1v) is 6.04. The number of hydrogen-bond acceptors (Lipinski definition) is 3. The Balaban J connectivity index is 1.97. The van der Waals surface area contributed by atoms with Crippen LogP contribution in [-0.4, -0.2) is 29.6 Å². The summed E-state index contributed by atoms with van der Waals surface area (Å²) in [6.45, 7) is 0.248. The molecule has 1 fully saturated rings. The fourth-order valence-electron chi connectivity index (χ4n) is 1.58. The Hall–Kier alpha value is -0.760. The second kappa shape index (κ2) is 5.05. The van der Waals surface area contributed by atoms with Crippen LogP contribution in [0.5, 0.6) is 0 Å². The maximum absolute atomic E-state index is 12.9. The van der Waals surface area contributed by atoms with E-state index in [1.54, 1.807) is 6.07 Å². The van der Waals surface area contributed by atoms with E-state index in [0.29, 0.717) is 5.82 Å². The molecular weight excluding hydrogens is 324 g/mol. The summed E-state index contributed by atoms with van der Waals surface area (Å²) in [5.74, 6) is 0.274. The van der Waals surface area contributed by atoms with Gasteiger partial charge in [-0.3, -0.25) is 4.79 Å². The molecule has 16 heavy (non-hydrogen) atoms. The summed E-state index contributed by atoms with van der Waals surface area (Å²) < 4.78 is 13.7. The highest BCUT2D eigenvalue weighted by atomic mass is 127. The molecule has 4 nitrogen and oxygen atoms in total. The largest absolute Gasteiger partial charge is 0.309 e. The van der Waals surface area contributed by atoms with Crippen LogP contribution in [0, 0.1) is 3.70 Å². The van der Waals surface area contributed by atoms with Crippen LogP contribution in [-0.2, 0) is 4.79 Å². The minimum Gasteiger partial charge on any atom is -0.309 e. The van der Waals surface area contributed by atoms with E-state index < -0.39 is 12.2 Å². The van der Waals surface area contributed by atoms with Crippen molar-refractivity contribution < 1.29 is 9.18 Å². The first kappa shape index (κ1) is 11.7. The van der Waals surface area contributed by atoms with Crippen molar-refractivity contribution in [3.63, 3.8) is 0 Å². The molecule has 0 aliphatic carbocycles. The quantitative estimate of drug-likeness (QED) is 0.633. The number of pyridine rings is 1. The Kier molecular flexibility index (Phi) is 3.70. The Morgan fingerprint density at radius 1 is 1.62 bits per heavy atom. The molecule has 1 aliphatic rings. The predicted octanol–water partition coefficient (Wildman–Crippen LogP) is 1.32. The van der Waals surface area contributed by atoms with E-state index in [2.05, 4.69) is 38.2 Å². The van der Waals surface area contributed by atoms with Gasteiger partial charge in [0, 0.05) is 13.0 Å². The normalized spacial score (nSPS) is 24.4. The van der Waals surface area contributed by atoms with Crippen LogP contribution in [0.25, 0.3) is 0 Å². The second-order valence-corrected chi connectivity index (χ2v) is 4.73. The van der Waals surface area contributed by atoms with Crippen LogP contribution in [0.1, 0.15) is 6.42 Å². The standard InChI is InChI=1S/C10H11FIN3O/c11-6-4-7(13-5-6)10(16)15-9-3-1-2-8(12)14-9/h1-3,6-7,13H,4-5H2,(H,14,15,16). The van der Waals surface area contributed by atoms with E-state index in [9.17, 15) is 9.18 Å². The molecule has 86 valence electrons. The van der Waals surface area contributed by atoms with E-state index in [-0.39, 0.29) is 18.9 Å². The fourth-order valence-corrected chi connectivity index (χ4v) is 2.05. The van der Waals surface area contributed by atoms with Crippen molar-refractivity contribution in [3.05, 3.63) is 21.9 Å². The van der Waals surface area contributed by atoms with E-state index in [1.165, 1.54) is 0 Å². The van der Waals surface area contributed by atoms with Crippen molar-refractivity contribution in [1.82, 2.24) is 10.3 Å². The number of amides is 1. The van der Waals surface area contributed by atoms with Crippen molar-refractivity contribution in [3.8, 4) is 0 Å². The van der Waals surface area contributed by atoms with Gasteiger partial charge in [0.1, 0.15) is 15.7 Å². The Morgan fingerprint density at radius 2 is 2.44 bits per heavy atom. The number of alkyl halides is 1. The average Bonchev–Trinajstić information content (AvgIpc) is 2.65. The summed E-state index contributed by atoms with van der Waals surface area (Å²) in [5, 5.41) is 5.49. The lowest BCUT2D eigenvalue weighted by Gasteiger charge is -2.10. The molecular formula is C10H11FIN3O. The SMILES string of the molecule is O=C(Nc1cccc(I)n1)C1CC(F)CN1. The average molecular weight is 335 g/mol. The molecule has 1 aliphatic heterocycles. The molecule has 6 heteroatoms. The van der Waals surface area contributed by atoms with Crippen LogP contribution < -0.4 is 10.6 Å². The summed E-state index contributed by atoms with van der Waals surface area (Å²) in [6.07, 6.45) is -0.699. The Bertz CT molecular complexity index is 401. The number of anilines is 1. The fraction of sp³-hybridized carbons (Fsp3) is 0.400. The number of carbonyl (C=O) groups excluding carboxylic acids is 1. The first-order chi connectivity index (χ1) is 7.65. The smallest absolute Gasteiger partial charge is 0.242 e. The van der Waals surface area contributed by atoms with Crippen molar-refractivity contribution in [2.75, 3.05) is 11.9 Å². The van der Waals surface area contributed by atoms with Crippen molar-refractivity contribution >= 4 is 34.3 Å². The molecule has 0 spiro atoms. The van der Waals surface area contributed by atoms with Crippen molar-refractivity contribution in [2.24, 2.45) is 0 Å². The van der Waals surface area contributed by atoms with Gasteiger partial charge in [-0.15, -0.1) is 0 Å². The summed E-state index contributed by atoms with van der Waals surface area (Å²) in [6, 6.07) is 4.91. The topological polar surface area (TPSA) is 54.0 Å². The zero-order valence-corrected chi connectivity index (χ0v) is 10.6. The number of rotatable bonds is 2. The molecule has 1 amide bonds. The predicted molar refractivity (Wildman–Crippen MR) is 66.9 cm³/mol. The second-order valence-electron chi connectivity index (χ2n) is 3.63. The molecule has 1 saturated heterocycles. The van der Waals surface area contributed by atoms with E-state index in [4.69, 9.17) is 0 Å². The van der Waals surface area contributed by atoms with Gasteiger partial charge in [0.15, 0.2) is 0 Å². The number of nitrogens with zero attached hydrogens (tertiary/aromatic N) is 1. The van der Waals surface area contributed by atoms with E-state index >= 15 is 0 Å². The Labute approximate surface area is 106 Å². The maximum Gasteiger partial charge on any atom is 0.242 e. The molecule has 0 saturated carbocycles. The summed E-state index contributed by atoms with van der Waals surface area (Å²) in [5.41, 5.74) is 0. The van der Waals surface area contributed by atoms with Crippen molar-refractivity contribution in [2.45, 2.75) is 18.6 Å². The third kappa shape index (κ3) is 2.88. The van der Waals surface area contributed by atoms with Gasteiger partial charge in [-0.25, -0.2) is 9.37 Å². The van der Waals surface area contributed by atoms with Gasteiger partial charge in [0.05, 0.1) is 6.04 Å². The summed E-state index contributed by atoms with van der Waals surface area (Å²) >= 11 is 2.07. The molecule has 2 heterocycles. The lowest BCUT2D eigenvalue weighted by molar-refractivity contribution is -0.117. The highest BCUT2D eigenvalue weighted by Crippen LogP contribution is 2.12. The first-order valence-electron chi connectivity index (χ1n) is 4.96. The lowest BCUT2D eigenvalue weighted by Crippen LogP contribution is -2.35. The highest BCUT2D eigenvalue weighted by Gasteiger charge is 2.29. The van der Waals surface area contributed by atoms with Crippen LogP contribution in [0.2, 0.25) is 0 Å². The highest BCUT2D eigenvalue weighted by molar-refractivity contribution is 14.1. The van der Waals surface area contributed by atoms with Gasteiger partial charge in [-0.1, -0.05) is 6.07 Å². The third-order valence-electron chi connectivity index (χ3n) is 2.36. The molecule has 2 rings (SSSR count). The minimum atomic E-state index is -0.931. The zero-order chi connectivity index (χ0) is 11.5. The molecule has 2 unspecified atom stereocenters. The summed E-state index contributed by atoms with van der Waals surface area (Å²) in [7, 11) is 0. The number of nitrogens with one attached hydrogen (secondary N) is 2. The molecule has 2 atom stereocenters. The number of halogens is 2. The molecule has 2 N–H and O–H groups in total. The van der Waals surface area contributed by atoms with Crippen molar-refractivity contribution in [1.29, 1.82) is 0 Å². The molecule has 1 aromatic rings. The third-order valence-corrected chi connectivity index (χ3v) is 2.96. The van der Waals surface area contributed by atoms with Crippen LogP contribution >= 0.6 is 22.6 Å². The lowest BCUT2D eigenvalue weighted by atomic mass is 10.2.